The first-order valence-corrected chi connectivity index (χ1v) is 8.68. The van der Waals surface area contributed by atoms with Crippen LogP contribution in [0.1, 0.15) is 38.3 Å². The van der Waals surface area contributed by atoms with E-state index in [1.54, 1.807) is 0 Å². The van der Waals surface area contributed by atoms with E-state index in [-0.39, 0.29) is 17.9 Å². The Morgan fingerprint density at radius 1 is 1.08 bits per heavy atom. The molecule has 1 rings (SSSR count). The van der Waals surface area contributed by atoms with Crippen LogP contribution < -0.4 is 5.32 Å². The second-order valence-corrected chi connectivity index (χ2v) is 6.06. The van der Waals surface area contributed by atoms with Gasteiger partial charge in [-0.25, -0.2) is 4.79 Å². The van der Waals surface area contributed by atoms with Gasteiger partial charge in [-0.05, 0) is 11.5 Å². The summed E-state index contributed by atoms with van der Waals surface area (Å²) in [6.45, 7) is 4.02. The van der Waals surface area contributed by atoms with Gasteiger partial charge in [0.1, 0.15) is 11.8 Å². The fourth-order valence-electron chi connectivity index (χ4n) is 2.60. The first-order chi connectivity index (χ1) is 12.5. The number of ether oxygens (including phenoxy) is 3. The molecular weight excluding hydrogens is 334 g/mol. The van der Waals surface area contributed by atoms with Crippen molar-refractivity contribution in [2.45, 2.75) is 38.8 Å². The maximum absolute atomic E-state index is 12.3. The van der Waals surface area contributed by atoms with E-state index in [2.05, 4.69) is 10.1 Å². The average molecular weight is 363 g/mol. The quantitative estimate of drug-likeness (QED) is 0.391. The van der Waals surface area contributed by atoms with Gasteiger partial charge in [0.05, 0.1) is 27.4 Å². The van der Waals surface area contributed by atoms with Gasteiger partial charge in [0.25, 0.3) is 0 Å². The molecular formula is C20H29NO5. The molecule has 0 fully saturated rings. The van der Waals surface area contributed by atoms with Gasteiger partial charge >= 0.3 is 11.9 Å². The zero-order chi connectivity index (χ0) is 19.5. The lowest BCUT2D eigenvalue weighted by Gasteiger charge is -2.28. The van der Waals surface area contributed by atoms with Gasteiger partial charge < -0.3 is 14.2 Å². The molecule has 0 saturated heterocycles. The highest BCUT2D eigenvalue weighted by molar-refractivity contribution is 5.82. The van der Waals surface area contributed by atoms with Crippen molar-refractivity contribution in [3.05, 3.63) is 47.7 Å². The number of methoxy groups -OCH3 is 3. The molecule has 0 spiro atoms. The molecule has 6 heteroatoms. The summed E-state index contributed by atoms with van der Waals surface area (Å²) in [5.41, 5.74) is 0.984. The normalized spacial score (nSPS) is 14.9. The minimum Gasteiger partial charge on any atom is -0.501 e. The van der Waals surface area contributed by atoms with Gasteiger partial charge in [0.2, 0.25) is 0 Å². The SMILES string of the molecule is CC[C@H](C)[C@H](N[C@@H](C/C(=C\C(=O)OC)OC)c1ccccc1)C(=O)OC. The third-order valence-corrected chi connectivity index (χ3v) is 4.40. The molecule has 1 aromatic carbocycles. The fourth-order valence-corrected chi connectivity index (χ4v) is 2.60. The van der Waals surface area contributed by atoms with E-state index in [1.807, 2.05) is 44.2 Å². The third-order valence-electron chi connectivity index (χ3n) is 4.40. The summed E-state index contributed by atoms with van der Waals surface area (Å²) < 4.78 is 15.0. The number of nitrogens with one attached hydrogen (secondary N) is 1. The van der Waals surface area contributed by atoms with Crippen molar-refractivity contribution in [3.8, 4) is 0 Å². The van der Waals surface area contributed by atoms with Crippen molar-refractivity contribution in [1.82, 2.24) is 5.32 Å². The number of rotatable bonds is 10. The molecule has 0 aliphatic rings. The second-order valence-electron chi connectivity index (χ2n) is 6.06. The van der Waals surface area contributed by atoms with Crippen molar-refractivity contribution in [3.63, 3.8) is 0 Å². The largest absolute Gasteiger partial charge is 0.501 e. The zero-order valence-corrected chi connectivity index (χ0v) is 16.2. The van der Waals surface area contributed by atoms with Crippen molar-refractivity contribution in [2.75, 3.05) is 21.3 Å². The summed E-state index contributed by atoms with van der Waals surface area (Å²) in [6.07, 6.45) is 2.52. The number of esters is 2. The molecule has 0 radical (unpaired) electrons. The van der Waals surface area contributed by atoms with Gasteiger partial charge in [-0.3, -0.25) is 10.1 Å². The molecule has 6 nitrogen and oxygen atoms in total. The van der Waals surface area contributed by atoms with Crippen LogP contribution in [-0.4, -0.2) is 39.3 Å². The van der Waals surface area contributed by atoms with Crippen LogP contribution in [0.5, 0.6) is 0 Å². The van der Waals surface area contributed by atoms with Gasteiger partial charge in [0, 0.05) is 12.5 Å². The molecule has 144 valence electrons. The lowest BCUT2D eigenvalue weighted by Crippen LogP contribution is -2.44. The molecule has 0 aliphatic carbocycles. The molecule has 0 aromatic heterocycles. The highest BCUT2D eigenvalue weighted by Crippen LogP contribution is 2.24. The lowest BCUT2D eigenvalue weighted by molar-refractivity contribution is -0.145. The van der Waals surface area contributed by atoms with E-state index in [0.717, 1.165) is 12.0 Å². The Balaban J connectivity index is 3.14. The monoisotopic (exact) mass is 363 g/mol. The van der Waals surface area contributed by atoms with E-state index >= 15 is 0 Å². The molecule has 26 heavy (non-hydrogen) atoms. The van der Waals surface area contributed by atoms with E-state index in [0.29, 0.717) is 12.2 Å². The smallest absolute Gasteiger partial charge is 0.333 e. The van der Waals surface area contributed by atoms with Gasteiger partial charge in [-0.1, -0.05) is 50.6 Å². The summed E-state index contributed by atoms with van der Waals surface area (Å²) in [5.74, 6) is -0.244. The molecule has 1 aromatic rings. The summed E-state index contributed by atoms with van der Waals surface area (Å²) >= 11 is 0. The number of carbonyl (C=O) groups excluding carboxylic acids is 2. The molecule has 0 heterocycles. The lowest BCUT2D eigenvalue weighted by atomic mass is 9.95. The summed E-state index contributed by atoms with van der Waals surface area (Å²) in [4.78, 5) is 23.8. The first kappa shape index (κ1) is 21.7. The Labute approximate surface area is 155 Å². The summed E-state index contributed by atoms with van der Waals surface area (Å²) in [6, 6.07) is 9.02. The van der Waals surface area contributed by atoms with E-state index in [4.69, 9.17) is 9.47 Å². The summed E-state index contributed by atoms with van der Waals surface area (Å²) in [5, 5.41) is 3.38. The third kappa shape index (κ3) is 6.52. The van der Waals surface area contributed by atoms with Crippen molar-refractivity contribution in [1.29, 1.82) is 0 Å². The van der Waals surface area contributed by atoms with Gasteiger partial charge in [0.15, 0.2) is 0 Å². The van der Waals surface area contributed by atoms with Crippen LogP contribution >= 0.6 is 0 Å². The molecule has 1 N–H and O–H groups in total. The van der Waals surface area contributed by atoms with Crippen LogP contribution in [0.4, 0.5) is 0 Å². The Bertz CT molecular complexity index is 599. The predicted octanol–water partition coefficient (Wildman–Crippen LogP) is 3.00. The van der Waals surface area contributed by atoms with Crippen molar-refractivity contribution >= 4 is 11.9 Å². The maximum atomic E-state index is 12.3. The average Bonchev–Trinajstić information content (AvgIpc) is 2.69. The standard InChI is InChI=1S/C20H29NO5/c1-6-14(2)19(20(23)26-5)21-17(15-10-8-7-9-11-15)12-16(24-3)13-18(22)25-4/h7-11,13-14,17,19,21H,6,12H2,1-5H3/b16-13+/t14-,17-,19-/m0/s1. The number of hydrogen-bond acceptors (Lipinski definition) is 6. The number of carbonyl (C=O) groups is 2. The molecule has 0 amide bonds. The molecule has 0 bridgehead atoms. The zero-order valence-electron chi connectivity index (χ0n) is 16.2. The Morgan fingerprint density at radius 3 is 2.23 bits per heavy atom. The van der Waals surface area contributed by atoms with Crippen LogP contribution in [0, 0.1) is 5.92 Å². The van der Waals surface area contributed by atoms with Gasteiger partial charge in [-0.2, -0.15) is 0 Å². The van der Waals surface area contributed by atoms with Crippen molar-refractivity contribution in [2.24, 2.45) is 5.92 Å². The number of benzene rings is 1. The van der Waals surface area contributed by atoms with Crippen LogP contribution in [0.15, 0.2) is 42.2 Å². The first-order valence-electron chi connectivity index (χ1n) is 8.68. The second kappa shape index (κ2) is 11.3. The predicted molar refractivity (Wildman–Crippen MR) is 99.3 cm³/mol. The van der Waals surface area contributed by atoms with Crippen LogP contribution in [0.25, 0.3) is 0 Å². The minimum absolute atomic E-state index is 0.0873. The maximum Gasteiger partial charge on any atom is 0.333 e. The molecule has 0 aliphatic heterocycles. The molecule has 0 saturated carbocycles. The van der Waals surface area contributed by atoms with E-state index < -0.39 is 12.0 Å². The van der Waals surface area contributed by atoms with Crippen LogP contribution in [-0.2, 0) is 23.8 Å². The van der Waals surface area contributed by atoms with Crippen LogP contribution in [0.3, 0.4) is 0 Å². The van der Waals surface area contributed by atoms with E-state index in [9.17, 15) is 9.59 Å². The van der Waals surface area contributed by atoms with Gasteiger partial charge in [-0.15, -0.1) is 0 Å². The minimum atomic E-state index is -0.486. The topological polar surface area (TPSA) is 73.9 Å². The molecule has 3 atom stereocenters. The highest BCUT2D eigenvalue weighted by Gasteiger charge is 2.28. The molecule has 0 unspecified atom stereocenters. The fraction of sp³-hybridized carbons (Fsp3) is 0.500. The summed E-state index contributed by atoms with van der Waals surface area (Å²) in [7, 11) is 4.20. The Hall–Kier alpha value is -2.34. The Kier molecular flexibility index (Phi) is 9.44. The van der Waals surface area contributed by atoms with Crippen LogP contribution in [0.2, 0.25) is 0 Å². The highest BCUT2D eigenvalue weighted by atomic mass is 16.5. The van der Waals surface area contributed by atoms with E-state index in [1.165, 1.54) is 27.4 Å². The van der Waals surface area contributed by atoms with Crippen molar-refractivity contribution < 1.29 is 23.8 Å². The Morgan fingerprint density at radius 2 is 1.73 bits per heavy atom. The number of hydrogen-bond donors (Lipinski definition) is 1.